The Hall–Kier alpha value is -2.70. The highest BCUT2D eigenvalue weighted by Gasteiger charge is 2.28. The molecule has 0 saturated carbocycles. The number of nitrogens with zero attached hydrogens (tertiary/aromatic N) is 2. The SMILES string of the molecule is COc1cc(OC)c(CC2CCN(N3C=CC([O])c4ccccc43)CC2)c(OC)c1. The molecule has 30 heavy (non-hydrogen) atoms. The van der Waals surface area contributed by atoms with Crippen molar-refractivity contribution in [3.05, 3.63) is 59.8 Å². The van der Waals surface area contributed by atoms with Crippen LogP contribution in [0.3, 0.4) is 0 Å². The highest BCUT2D eigenvalue weighted by molar-refractivity contribution is 5.59. The number of para-hydroxylation sites is 1. The normalized spacial score (nSPS) is 19.5. The molecule has 4 rings (SSSR count). The summed E-state index contributed by atoms with van der Waals surface area (Å²) in [4.78, 5) is 0. The van der Waals surface area contributed by atoms with E-state index in [1.54, 1.807) is 27.4 Å². The number of ether oxygens (including phenoxy) is 3. The highest BCUT2D eigenvalue weighted by atomic mass is 16.5. The maximum Gasteiger partial charge on any atom is 0.140 e. The van der Waals surface area contributed by atoms with Crippen LogP contribution in [0.1, 0.15) is 30.1 Å². The molecule has 1 unspecified atom stereocenters. The fourth-order valence-electron chi connectivity index (χ4n) is 4.43. The van der Waals surface area contributed by atoms with Crippen LogP contribution in [-0.4, -0.2) is 39.4 Å². The Morgan fingerprint density at radius 2 is 1.63 bits per heavy atom. The molecule has 2 heterocycles. The number of rotatable bonds is 6. The average Bonchev–Trinajstić information content (AvgIpc) is 2.80. The second kappa shape index (κ2) is 8.98. The zero-order valence-corrected chi connectivity index (χ0v) is 17.8. The van der Waals surface area contributed by atoms with Gasteiger partial charge in [0.2, 0.25) is 0 Å². The Kier molecular flexibility index (Phi) is 6.16. The summed E-state index contributed by atoms with van der Waals surface area (Å²) < 4.78 is 16.6. The minimum Gasteiger partial charge on any atom is -0.496 e. The van der Waals surface area contributed by atoms with Gasteiger partial charge in [-0.1, -0.05) is 18.2 Å². The Morgan fingerprint density at radius 3 is 2.27 bits per heavy atom. The van der Waals surface area contributed by atoms with Crippen molar-refractivity contribution in [1.82, 2.24) is 5.01 Å². The smallest absolute Gasteiger partial charge is 0.140 e. The second-order valence-electron chi connectivity index (χ2n) is 7.78. The standard InChI is InChI=1S/C24H29N2O4/c1-28-18-15-23(29-2)20(24(16-18)30-3)14-17-8-11-25(12-9-17)26-13-10-22(27)19-6-4-5-7-21(19)26/h4-7,10,13,15-17,22H,8-9,11-12,14H2,1-3H3. The molecular weight excluding hydrogens is 380 g/mol. The van der Waals surface area contributed by atoms with E-state index in [0.29, 0.717) is 5.92 Å². The number of methoxy groups -OCH3 is 3. The van der Waals surface area contributed by atoms with E-state index in [2.05, 4.69) is 10.0 Å². The molecule has 1 radical (unpaired) electrons. The third kappa shape index (κ3) is 3.98. The molecule has 1 fully saturated rings. The number of fused-ring (bicyclic) bond motifs is 1. The van der Waals surface area contributed by atoms with Crippen LogP contribution >= 0.6 is 0 Å². The Bertz CT molecular complexity index is 881. The Balaban J connectivity index is 1.46. The lowest BCUT2D eigenvalue weighted by Crippen LogP contribution is -2.46. The molecule has 0 N–H and O–H groups in total. The first-order chi connectivity index (χ1) is 14.6. The van der Waals surface area contributed by atoms with Crippen LogP contribution in [0.2, 0.25) is 0 Å². The van der Waals surface area contributed by atoms with Crippen LogP contribution < -0.4 is 19.2 Å². The monoisotopic (exact) mass is 409 g/mol. The molecule has 1 saturated heterocycles. The third-order valence-electron chi connectivity index (χ3n) is 6.10. The lowest BCUT2D eigenvalue weighted by molar-refractivity contribution is 0.124. The Morgan fingerprint density at radius 1 is 0.967 bits per heavy atom. The maximum atomic E-state index is 12.3. The van der Waals surface area contributed by atoms with Gasteiger partial charge >= 0.3 is 0 Å². The van der Waals surface area contributed by atoms with Crippen LogP contribution in [0.4, 0.5) is 5.69 Å². The molecule has 0 aliphatic carbocycles. The van der Waals surface area contributed by atoms with Gasteiger partial charge in [0, 0.05) is 42.5 Å². The van der Waals surface area contributed by atoms with E-state index in [9.17, 15) is 5.11 Å². The third-order valence-corrected chi connectivity index (χ3v) is 6.10. The van der Waals surface area contributed by atoms with Gasteiger partial charge in [-0.05, 0) is 37.3 Å². The molecule has 2 aliphatic rings. The Labute approximate surface area is 178 Å². The van der Waals surface area contributed by atoms with E-state index in [4.69, 9.17) is 14.2 Å². The van der Waals surface area contributed by atoms with Gasteiger partial charge in [0.15, 0.2) is 0 Å². The summed E-state index contributed by atoms with van der Waals surface area (Å²) in [5.74, 6) is 2.88. The second-order valence-corrected chi connectivity index (χ2v) is 7.78. The summed E-state index contributed by atoms with van der Waals surface area (Å²) in [6.45, 7) is 1.88. The quantitative estimate of drug-likeness (QED) is 0.708. The van der Waals surface area contributed by atoms with Crippen LogP contribution in [0.25, 0.3) is 0 Å². The molecule has 0 amide bonds. The molecule has 2 aromatic carbocycles. The van der Waals surface area contributed by atoms with Crippen molar-refractivity contribution in [3.63, 3.8) is 0 Å². The number of hydrazine groups is 1. The van der Waals surface area contributed by atoms with Crippen molar-refractivity contribution in [1.29, 1.82) is 0 Å². The molecule has 0 aromatic heterocycles. The van der Waals surface area contributed by atoms with E-state index in [1.165, 1.54) is 0 Å². The van der Waals surface area contributed by atoms with Gasteiger partial charge in [0.05, 0.1) is 27.0 Å². The summed E-state index contributed by atoms with van der Waals surface area (Å²) in [6.07, 6.45) is 5.90. The molecule has 6 heteroatoms. The van der Waals surface area contributed by atoms with Gasteiger partial charge in [-0.2, -0.15) is 0 Å². The fraction of sp³-hybridized carbons (Fsp3) is 0.417. The molecule has 0 bridgehead atoms. The summed E-state index contributed by atoms with van der Waals surface area (Å²) >= 11 is 0. The molecule has 2 aliphatic heterocycles. The van der Waals surface area contributed by atoms with Crippen molar-refractivity contribution < 1.29 is 19.3 Å². The number of anilines is 1. The average molecular weight is 410 g/mol. The van der Waals surface area contributed by atoms with Crippen molar-refractivity contribution in [2.45, 2.75) is 25.4 Å². The molecule has 159 valence electrons. The predicted octanol–water partition coefficient (Wildman–Crippen LogP) is 4.39. The van der Waals surface area contributed by atoms with E-state index >= 15 is 0 Å². The van der Waals surface area contributed by atoms with E-state index in [0.717, 1.165) is 66.4 Å². The van der Waals surface area contributed by atoms with Crippen molar-refractivity contribution in [2.75, 3.05) is 39.4 Å². The van der Waals surface area contributed by atoms with Gasteiger partial charge in [0.1, 0.15) is 23.4 Å². The number of benzene rings is 2. The number of piperidine rings is 1. The van der Waals surface area contributed by atoms with Gasteiger partial charge in [-0.3, -0.25) is 5.01 Å². The summed E-state index contributed by atoms with van der Waals surface area (Å²) in [5, 5.41) is 16.7. The minimum atomic E-state index is -0.787. The van der Waals surface area contributed by atoms with E-state index in [1.807, 2.05) is 42.6 Å². The summed E-state index contributed by atoms with van der Waals surface area (Å²) in [5.41, 5.74) is 2.93. The maximum absolute atomic E-state index is 12.3. The van der Waals surface area contributed by atoms with E-state index in [-0.39, 0.29) is 0 Å². The zero-order valence-electron chi connectivity index (χ0n) is 17.8. The van der Waals surface area contributed by atoms with Gasteiger partial charge < -0.3 is 14.2 Å². The lowest BCUT2D eigenvalue weighted by atomic mass is 9.89. The minimum absolute atomic E-state index is 0.536. The summed E-state index contributed by atoms with van der Waals surface area (Å²) in [7, 11) is 5.01. The highest BCUT2D eigenvalue weighted by Crippen LogP contribution is 2.38. The first-order valence-corrected chi connectivity index (χ1v) is 10.4. The first kappa shape index (κ1) is 20.6. The van der Waals surface area contributed by atoms with Gasteiger partial charge in [0.25, 0.3) is 0 Å². The largest absolute Gasteiger partial charge is 0.496 e. The van der Waals surface area contributed by atoms with Crippen molar-refractivity contribution in [3.8, 4) is 17.2 Å². The van der Waals surface area contributed by atoms with Crippen LogP contribution in [0, 0.1) is 5.92 Å². The predicted molar refractivity (Wildman–Crippen MR) is 116 cm³/mol. The first-order valence-electron chi connectivity index (χ1n) is 10.4. The van der Waals surface area contributed by atoms with Crippen LogP contribution in [-0.2, 0) is 11.5 Å². The van der Waals surface area contributed by atoms with Crippen molar-refractivity contribution in [2.24, 2.45) is 5.92 Å². The number of hydrogen-bond donors (Lipinski definition) is 0. The molecule has 2 aromatic rings. The van der Waals surface area contributed by atoms with Crippen molar-refractivity contribution >= 4 is 5.69 Å². The summed E-state index contributed by atoms with van der Waals surface area (Å²) in [6, 6.07) is 11.7. The lowest BCUT2D eigenvalue weighted by Gasteiger charge is -2.41. The van der Waals surface area contributed by atoms with Crippen LogP contribution in [0.5, 0.6) is 17.2 Å². The molecular formula is C24H29N2O4. The fourth-order valence-corrected chi connectivity index (χ4v) is 4.43. The topological polar surface area (TPSA) is 54.1 Å². The van der Waals surface area contributed by atoms with E-state index < -0.39 is 6.10 Å². The van der Waals surface area contributed by atoms with Crippen LogP contribution in [0.15, 0.2) is 48.7 Å². The molecule has 6 nitrogen and oxygen atoms in total. The number of hydrogen-bond acceptors (Lipinski definition) is 5. The molecule has 0 spiro atoms. The van der Waals surface area contributed by atoms with Gasteiger partial charge in [-0.25, -0.2) is 10.1 Å². The zero-order chi connectivity index (χ0) is 21.1. The molecule has 1 atom stereocenters. The van der Waals surface area contributed by atoms with Gasteiger partial charge in [-0.15, -0.1) is 0 Å².